The third kappa shape index (κ3) is 4.93. The summed E-state index contributed by atoms with van der Waals surface area (Å²) >= 11 is -1.55. The van der Waals surface area contributed by atoms with Gasteiger partial charge in [-0.05, 0) is 0 Å². The number of allylic oxidation sites excluding steroid dienone is 8. The Kier molecular flexibility index (Phi) is 8.99. The monoisotopic (exact) mass is 538 g/mol. The van der Waals surface area contributed by atoms with Crippen molar-refractivity contribution < 1.29 is 41.4 Å². The van der Waals surface area contributed by atoms with E-state index in [4.69, 9.17) is 0 Å². The van der Waals surface area contributed by atoms with Crippen LogP contribution < -0.4 is 35.2 Å². The molecule has 2 saturated carbocycles. The van der Waals surface area contributed by atoms with Crippen LogP contribution in [0, 0.1) is 23.7 Å². The van der Waals surface area contributed by atoms with E-state index in [-0.39, 0.29) is 24.8 Å². The van der Waals surface area contributed by atoms with Crippen LogP contribution in [0.25, 0.3) is 0 Å². The van der Waals surface area contributed by atoms with Gasteiger partial charge in [0.1, 0.15) is 0 Å². The maximum atomic E-state index is 2.61. The van der Waals surface area contributed by atoms with Gasteiger partial charge in [-0.25, -0.2) is 0 Å². The molecule has 0 spiro atoms. The van der Waals surface area contributed by atoms with Crippen LogP contribution in [0.5, 0.6) is 0 Å². The normalized spacial score (nSPS) is 29.9. The summed E-state index contributed by atoms with van der Waals surface area (Å²) in [4.78, 5) is 0. The van der Waals surface area contributed by atoms with Crippen LogP contribution in [0.15, 0.2) is 109 Å². The minimum atomic E-state index is -1.55. The quantitative estimate of drug-likeness (QED) is 0.491. The SMILES string of the molecule is C1=CC2CC[CH]([Ti+2]([CH]3CCC4C=CC=CC43)=[Si](c3ccccc3)c3ccccc3)C2C=C1.[Cl-].[Cl-]. The first-order valence-electron chi connectivity index (χ1n) is 12.4. The molecule has 0 saturated heterocycles. The summed E-state index contributed by atoms with van der Waals surface area (Å²) in [6.07, 6.45) is 24.6. The smallest absolute Gasteiger partial charge is 1.00 e. The van der Waals surface area contributed by atoms with Crippen molar-refractivity contribution in [1.29, 1.82) is 0 Å². The summed E-state index contributed by atoms with van der Waals surface area (Å²) < 4.78 is 1.91. The van der Waals surface area contributed by atoms with Gasteiger partial charge < -0.3 is 24.8 Å². The van der Waals surface area contributed by atoms with Crippen molar-refractivity contribution in [1.82, 2.24) is 0 Å². The summed E-state index contributed by atoms with van der Waals surface area (Å²) in [5.41, 5.74) is 0. The standard InChI is InChI=1S/C12H10Si.2C9H11.2ClH.Ti/c1-3-7-11(8-4-1)13-12-9-5-2-6-10-12;2*1-2-5-9-7-3-6-8(9)4-1;;;/h1-10H;2*1-2,4-6,8-9H,3,7H2;2*1H;/q;;;;;+2/p-2. The van der Waals surface area contributed by atoms with Crippen molar-refractivity contribution >= 4 is 16.6 Å². The summed E-state index contributed by atoms with van der Waals surface area (Å²) in [5, 5.41) is 3.35. The van der Waals surface area contributed by atoms with Crippen LogP contribution in [0.1, 0.15) is 25.7 Å². The van der Waals surface area contributed by atoms with Crippen LogP contribution in [-0.4, -0.2) is 6.19 Å². The van der Waals surface area contributed by atoms with E-state index >= 15 is 0 Å². The van der Waals surface area contributed by atoms with Crippen LogP contribution in [0.4, 0.5) is 0 Å². The molecule has 4 aliphatic rings. The molecule has 0 aliphatic heterocycles. The van der Waals surface area contributed by atoms with Gasteiger partial charge in [0.15, 0.2) is 0 Å². The predicted molar refractivity (Wildman–Crippen MR) is 134 cm³/mol. The molecule has 0 aromatic heterocycles. The molecule has 0 heterocycles. The summed E-state index contributed by atoms with van der Waals surface area (Å²) in [7, 11) is 0. The van der Waals surface area contributed by atoms with Gasteiger partial charge in [-0.15, -0.1) is 0 Å². The molecular formula is C30H32Cl2SiTi. The molecule has 0 radical (unpaired) electrons. The Morgan fingerprint density at radius 2 is 0.941 bits per heavy atom. The fourth-order valence-electron chi connectivity index (χ4n) is 6.99. The topological polar surface area (TPSA) is 0 Å². The molecular weight excluding hydrogens is 507 g/mol. The van der Waals surface area contributed by atoms with Gasteiger partial charge in [0.05, 0.1) is 0 Å². The van der Waals surface area contributed by atoms with Crippen LogP contribution in [0.2, 0.25) is 8.45 Å². The van der Waals surface area contributed by atoms with Gasteiger partial charge in [0.2, 0.25) is 0 Å². The predicted octanol–water partition coefficient (Wildman–Crippen LogP) is 0.300. The molecule has 6 unspecified atom stereocenters. The fourth-order valence-corrected chi connectivity index (χ4v) is 25.5. The van der Waals surface area contributed by atoms with Crippen molar-refractivity contribution in [3.05, 3.63) is 109 Å². The molecule has 2 aromatic rings. The number of benzene rings is 2. The van der Waals surface area contributed by atoms with Crippen molar-refractivity contribution in [2.24, 2.45) is 23.7 Å². The summed E-state index contributed by atoms with van der Waals surface area (Å²) in [5.74, 6) is 3.18. The van der Waals surface area contributed by atoms with E-state index in [1.165, 1.54) is 25.7 Å². The minimum Gasteiger partial charge on any atom is -1.00 e. The van der Waals surface area contributed by atoms with Crippen molar-refractivity contribution in [3.63, 3.8) is 0 Å². The molecule has 6 rings (SSSR count). The third-order valence-electron chi connectivity index (χ3n) is 8.36. The van der Waals surface area contributed by atoms with E-state index in [2.05, 4.69) is 109 Å². The molecule has 2 fully saturated rings. The Morgan fingerprint density at radius 3 is 1.38 bits per heavy atom. The zero-order chi connectivity index (χ0) is 21.3. The number of rotatable bonds is 4. The average Bonchev–Trinajstić information content (AvgIpc) is 3.48. The van der Waals surface area contributed by atoms with Gasteiger partial charge in [0, 0.05) is 0 Å². The number of hydrogen-bond donors (Lipinski definition) is 0. The van der Waals surface area contributed by atoms with Crippen LogP contribution >= 0.6 is 0 Å². The zero-order valence-corrected chi connectivity index (χ0v) is 23.5. The maximum absolute atomic E-state index is 2.61. The van der Waals surface area contributed by atoms with E-state index in [1.807, 2.05) is 0 Å². The fraction of sp³-hybridized carbons (Fsp3) is 0.333. The van der Waals surface area contributed by atoms with E-state index in [1.54, 1.807) is 10.4 Å². The second-order valence-corrected chi connectivity index (χ2v) is 20.3. The maximum Gasteiger partial charge on any atom is -1.00 e. The Hall–Kier alpha value is -1.09. The first-order chi connectivity index (χ1) is 15.9. The van der Waals surface area contributed by atoms with E-state index in [0.29, 0.717) is 0 Å². The molecule has 0 bridgehead atoms. The first kappa shape index (κ1) is 26.0. The summed E-state index contributed by atoms with van der Waals surface area (Å²) in [6.45, 7) is 0. The molecule has 2 aromatic carbocycles. The van der Waals surface area contributed by atoms with E-state index < -0.39 is 22.8 Å². The van der Waals surface area contributed by atoms with Gasteiger partial charge in [-0.1, -0.05) is 0 Å². The Labute approximate surface area is 223 Å². The van der Waals surface area contributed by atoms with E-state index in [0.717, 1.165) is 32.1 Å². The first-order valence-corrected chi connectivity index (χ1v) is 18.1. The molecule has 0 amide bonds. The van der Waals surface area contributed by atoms with Crippen LogP contribution in [0.3, 0.4) is 0 Å². The number of hydrogen-bond acceptors (Lipinski definition) is 0. The van der Waals surface area contributed by atoms with E-state index in [9.17, 15) is 0 Å². The Morgan fingerprint density at radius 1 is 0.529 bits per heavy atom. The molecule has 4 heteroatoms. The van der Waals surface area contributed by atoms with Crippen molar-refractivity contribution in [2.75, 3.05) is 0 Å². The van der Waals surface area contributed by atoms with Gasteiger partial charge >= 0.3 is 200 Å². The molecule has 6 atom stereocenters. The van der Waals surface area contributed by atoms with Crippen LogP contribution in [-0.2, 0) is 16.6 Å². The van der Waals surface area contributed by atoms with Gasteiger partial charge in [0.25, 0.3) is 0 Å². The zero-order valence-electron chi connectivity index (χ0n) is 19.4. The number of halogens is 2. The third-order valence-corrected chi connectivity index (χ3v) is 23.8. The molecule has 0 N–H and O–H groups in total. The Balaban J connectivity index is 0.00000137. The minimum absolute atomic E-state index is 0. The average molecular weight is 539 g/mol. The second-order valence-electron chi connectivity index (χ2n) is 9.95. The molecule has 34 heavy (non-hydrogen) atoms. The largest absolute Gasteiger partial charge is 1.00 e. The number of fused-ring (bicyclic) bond motifs is 2. The molecule has 0 nitrogen and oxygen atoms in total. The van der Waals surface area contributed by atoms with Crippen molar-refractivity contribution in [3.8, 4) is 0 Å². The van der Waals surface area contributed by atoms with Gasteiger partial charge in [-0.3, -0.25) is 0 Å². The summed E-state index contributed by atoms with van der Waals surface area (Å²) in [6, 6.07) is 23.5. The second kappa shape index (κ2) is 11.8. The van der Waals surface area contributed by atoms with Gasteiger partial charge in [-0.2, -0.15) is 0 Å². The Bertz CT molecular complexity index is 1030. The van der Waals surface area contributed by atoms with Crippen molar-refractivity contribution in [2.45, 2.75) is 34.1 Å². The molecule has 4 aliphatic carbocycles. The molecule has 174 valence electrons.